The van der Waals surface area contributed by atoms with Gasteiger partial charge in [0.05, 0.1) is 24.3 Å². The van der Waals surface area contributed by atoms with E-state index >= 15 is 0 Å². The van der Waals surface area contributed by atoms with Gasteiger partial charge < -0.3 is 14.0 Å². The lowest BCUT2D eigenvalue weighted by Gasteiger charge is -2.21. The Morgan fingerprint density at radius 3 is 2.80 bits per heavy atom. The molecule has 0 bridgehead atoms. The normalized spacial score (nSPS) is 16.5. The summed E-state index contributed by atoms with van der Waals surface area (Å²) >= 11 is 0. The Morgan fingerprint density at radius 2 is 2.07 bits per heavy atom. The molecule has 0 aliphatic carbocycles. The zero-order valence-electron chi connectivity index (χ0n) is 16.8. The summed E-state index contributed by atoms with van der Waals surface area (Å²) < 4.78 is 16.0. The molecule has 3 heterocycles. The number of nitrogens with zero attached hydrogens (tertiary/aromatic N) is 5. The number of hydrogen-bond acceptors (Lipinski definition) is 8. The summed E-state index contributed by atoms with van der Waals surface area (Å²) in [6.07, 6.45) is 3.73. The molecule has 0 amide bonds. The van der Waals surface area contributed by atoms with Gasteiger partial charge in [0.15, 0.2) is 0 Å². The van der Waals surface area contributed by atoms with Crippen molar-refractivity contribution in [2.75, 3.05) is 26.9 Å². The highest BCUT2D eigenvalue weighted by atomic mass is 16.5. The molecule has 1 aliphatic heterocycles. The number of nitriles is 1. The Labute approximate surface area is 175 Å². The molecule has 1 aromatic carbocycles. The molecule has 0 saturated carbocycles. The number of rotatable bonds is 8. The number of hydrogen-bond donors (Lipinski definition) is 0. The third-order valence-corrected chi connectivity index (χ3v) is 5.09. The lowest BCUT2D eigenvalue weighted by molar-refractivity contribution is 0.144. The van der Waals surface area contributed by atoms with Crippen LogP contribution in [-0.4, -0.2) is 46.9 Å². The minimum atomic E-state index is 0.0894. The van der Waals surface area contributed by atoms with E-state index in [1.807, 2.05) is 30.3 Å². The van der Waals surface area contributed by atoms with Crippen molar-refractivity contribution < 1.29 is 14.0 Å². The van der Waals surface area contributed by atoms with Gasteiger partial charge in [0.25, 0.3) is 0 Å². The molecule has 0 spiro atoms. The van der Waals surface area contributed by atoms with Gasteiger partial charge in [-0.3, -0.25) is 4.90 Å². The van der Waals surface area contributed by atoms with Crippen LogP contribution >= 0.6 is 0 Å². The van der Waals surface area contributed by atoms with Crippen molar-refractivity contribution in [1.29, 1.82) is 5.26 Å². The van der Waals surface area contributed by atoms with Crippen LogP contribution in [0.4, 0.5) is 0 Å². The standard InChI is InChI=1S/C22H23N5O3/c1-28-11-12-29-20-9-8-18(14-24-20)21-25-22(30-26-21)19-3-2-10-27(19)15-17-6-4-16(13-23)5-7-17/h4-9,14,19H,2-3,10-12,15H2,1H3/t19-/m0/s1. The average Bonchev–Trinajstić information content (AvgIpc) is 3.44. The number of methoxy groups -OCH3 is 1. The molecule has 1 fully saturated rings. The van der Waals surface area contributed by atoms with Crippen molar-refractivity contribution in [2.24, 2.45) is 0 Å². The van der Waals surface area contributed by atoms with Gasteiger partial charge >= 0.3 is 0 Å². The van der Waals surface area contributed by atoms with Gasteiger partial charge in [-0.1, -0.05) is 17.3 Å². The van der Waals surface area contributed by atoms with Crippen LogP contribution in [0, 0.1) is 11.3 Å². The van der Waals surface area contributed by atoms with Crippen LogP contribution < -0.4 is 4.74 Å². The maximum absolute atomic E-state index is 8.96. The molecule has 0 N–H and O–H groups in total. The highest BCUT2D eigenvalue weighted by Gasteiger charge is 2.30. The number of ether oxygens (including phenoxy) is 2. The SMILES string of the molecule is COCCOc1ccc(-c2noc([C@@H]3CCCN3Cc3ccc(C#N)cc3)n2)cn1. The molecule has 2 aromatic heterocycles. The van der Waals surface area contributed by atoms with Crippen LogP contribution in [-0.2, 0) is 11.3 Å². The van der Waals surface area contributed by atoms with Gasteiger partial charge in [0.2, 0.25) is 17.6 Å². The molecule has 1 aliphatic rings. The summed E-state index contributed by atoms with van der Waals surface area (Å²) in [6, 6.07) is 13.6. The zero-order valence-corrected chi connectivity index (χ0v) is 16.8. The molecule has 8 nitrogen and oxygen atoms in total. The lowest BCUT2D eigenvalue weighted by Crippen LogP contribution is -2.23. The smallest absolute Gasteiger partial charge is 0.244 e. The molecule has 0 unspecified atom stereocenters. The molecule has 30 heavy (non-hydrogen) atoms. The van der Waals surface area contributed by atoms with Gasteiger partial charge in [0, 0.05) is 31.5 Å². The fourth-order valence-corrected chi connectivity index (χ4v) is 3.53. The van der Waals surface area contributed by atoms with Gasteiger partial charge in [-0.05, 0) is 43.1 Å². The second-order valence-electron chi connectivity index (χ2n) is 7.12. The van der Waals surface area contributed by atoms with E-state index < -0.39 is 0 Å². The number of pyridine rings is 1. The summed E-state index contributed by atoms with van der Waals surface area (Å²) in [5.74, 6) is 1.67. The van der Waals surface area contributed by atoms with E-state index in [9.17, 15) is 0 Å². The average molecular weight is 405 g/mol. The summed E-state index contributed by atoms with van der Waals surface area (Å²) in [4.78, 5) is 11.2. The second kappa shape index (κ2) is 9.48. The molecule has 3 aromatic rings. The predicted octanol–water partition coefficient (Wildman–Crippen LogP) is 3.37. The summed E-state index contributed by atoms with van der Waals surface area (Å²) in [5, 5.41) is 13.1. The summed E-state index contributed by atoms with van der Waals surface area (Å²) in [5.41, 5.74) is 2.61. The van der Waals surface area contributed by atoms with Crippen molar-refractivity contribution in [3.63, 3.8) is 0 Å². The Balaban J connectivity index is 1.42. The van der Waals surface area contributed by atoms with Crippen LogP contribution in [0.1, 0.15) is 35.9 Å². The van der Waals surface area contributed by atoms with E-state index in [0.717, 1.165) is 37.1 Å². The first-order valence-corrected chi connectivity index (χ1v) is 9.91. The maximum atomic E-state index is 8.96. The number of benzene rings is 1. The van der Waals surface area contributed by atoms with Crippen molar-refractivity contribution in [2.45, 2.75) is 25.4 Å². The topological polar surface area (TPSA) is 97.3 Å². The first-order chi connectivity index (χ1) is 14.8. The lowest BCUT2D eigenvalue weighted by atomic mass is 10.1. The van der Waals surface area contributed by atoms with Crippen LogP contribution in [0.3, 0.4) is 0 Å². The first-order valence-electron chi connectivity index (χ1n) is 9.91. The minimum absolute atomic E-state index is 0.0894. The molecule has 0 radical (unpaired) electrons. The van der Waals surface area contributed by atoms with E-state index in [0.29, 0.717) is 36.4 Å². The van der Waals surface area contributed by atoms with Crippen molar-refractivity contribution >= 4 is 0 Å². The Bertz CT molecular complexity index is 995. The number of aromatic nitrogens is 3. The Morgan fingerprint density at radius 1 is 1.20 bits per heavy atom. The van der Waals surface area contributed by atoms with Crippen molar-refractivity contribution in [1.82, 2.24) is 20.0 Å². The molecule has 4 rings (SSSR count). The van der Waals surface area contributed by atoms with Crippen molar-refractivity contribution in [3.05, 3.63) is 59.6 Å². The van der Waals surface area contributed by atoms with Crippen LogP contribution in [0.5, 0.6) is 5.88 Å². The molecule has 8 heteroatoms. The molecule has 1 atom stereocenters. The summed E-state index contributed by atoms with van der Waals surface area (Å²) in [6.45, 7) is 2.71. The fraction of sp³-hybridized carbons (Fsp3) is 0.364. The van der Waals surface area contributed by atoms with Gasteiger partial charge in [-0.2, -0.15) is 10.2 Å². The molecule has 1 saturated heterocycles. The Hall–Kier alpha value is -3.28. The van der Waals surface area contributed by atoms with Crippen LogP contribution in [0.25, 0.3) is 11.4 Å². The third-order valence-electron chi connectivity index (χ3n) is 5.09. The van der Waals surface area contributed by atoms with Gasteiger partial charge in [0.1, 0.15) is 6.61 Å². The van der Waals surface area contributed by atoms with Crippen LogP contribution in [0.15, 0.2) is 47.1 Å². The monoisotopic (exact) mass is 405 g/mol. The summed E-state index contributed by atoms with van der Waals surface area (Å²) in [7, 11) is 1.63. The van der Waals surface area contributed by atoms with E-state index in [1.54, 1.807) is 19.4 Å². The van der Waals surface area contributed by atoms with E-state index in [4.69, 9.17) is 19.3 Å². The third kappa shape index (κ3) is 4.64. The highest BCUT2D eigenvalue weighted by molar-refractivity contribution is 5.53. The quantitative estimate of drug-likeness (QED) is 0.526. The van der Waals surface area contributed by atoms with Gasteiger partial charge in [-0.15, -0.1) is 0 Å². The number of likely N-dealkylation sites (tertiary alicyclic amines) is 1. The largest absolute Gasteiger partial charge is 0.475 e. The second-order valence-corrected chi connectivity index (χ2v) is 7.12. The predicted molar refractivity (Wildman–Crippen MR) is 108 cm³/mol. The minimum Gasteiger partial charge on any atom is -0.475 e. The molecule has 154 valence electrons. The molecular weight excluding hydrogens is 382 g/mol. The zero-order chi connectivity index (χ0) is 20.8. The highest BCUT2D eigenvalue weighted by Crippen LogP contribution is 2.33. The van der Waals surface area contributed by atoms with E-state index in [1.165, 1.54) is 0 Å². The first kappa shape index (κ1) is 20.0. The van der Waals surface area contributed by atoms with E-state index in [2.05, 4.69) is 26.1 Å². The van der Waals surface area contributed by atoms with E-state index in [-0.39, 0.29) is 6.04 Å². The maximum Gasteiger partial charge on any atom is 0.244 e. The molecular formula is C22H23N5O3. The van der Waals surface area contributed by atoms with Crippen LogP contribution in [0.2, 0.25) is 0 Å². The fourth-order valence-electron chi connectivity index (χ4n) is 3.53. The van der Waals surface area contributed by atoms with Gasteiger partial charge in [-0.25, -0.2) is 4.98 Å². The van der Waals surface area contributed by atoms with Crippen molar-refractivity contribution in [3.8, 4) is 23.3 Å². The Kier molecular flexibility index (Phi) is 6.32.